The van der Waals surface area contributed by atoms with E-state index in [4.69, 9.17) is 13.0 Å². The van der Waals surface area contributed by atoms with E-state index in [1.165, 1.54) is 14.2 Å². The van der Waals surface area contributed by atoms with Crippen LogP contribution in [0.3, 0.4) is 0 Å². The van der Waals surface area contributed by atoms with E-state index in [1.54, 1.807) is 0 Å². The molecule has 0 aromatic rings. The molecule has 0 amide bonds. The summed E-state index contributed by atoms with van der Waals surface area (Å²) in [4.78, 5) is 20.8. The molecule has 0 heterocycles. The van der Waals surface area contributed by atoms with Crippen LogP contribution in [-0.4, -0.2) is 44.6 Å². The summed E-state index contributed by atoms with van der Waals surface area (Å²) in [5, 5.41) is 0. The molecule has 0 atom stereocenters. The molecule has 0 rings (SSSR count). The van der Waals surface area contributed by atoms with Crippen molar-refractivity contribution in [2.75, 3.05) is 14.2 Å². The minimum Gasteiger partial charge on any atom is -0.469 e. The van der Waals surface area contributed by atoms with Crippen LogP contribution in [0.25, 0.3) is 0 Å². The van der Waals surface area contributed by atoms with Crippen molar-refractivity contribution < 1.29 is 45.2 Å². The van der Waals surface area contributed by atoms with Gasteiger partial charge in [0.1, 0.15) is 0 Å². The SMILES string of the molecule is COC(=O)CCC(=O)OC.O=S(=O)(O)C(F)(F)F. The van der Waals surface area contributed by atoms with Gasteiger partial charge in [0.15, 0.2) is 0 Å². The van der Waals surface area contributed by atoms with E-state index in [9.17, 15) is 22.8 Å². The van der Waals surface area contributed by atoms with Gasteiger partial charge in [0, 0.05) is 0 Å². The molecule has 18 heavy (non-hydrogen) atoms. The van der Waals surface area contributed by atoms with E-state index in [0.29, 0.717) is 0 Å². The Labute approximate surface area is 101 Å². The molecule has 0 unspecified atom stereocenters. The summed E-state index contributed by atoms with van der Waals surface area (Å²) < 4.78 is 66.1. The van der Waals surface area contributed by atoms with E-state index < -0.39 is 27.6 Å². The lowest BCUT2D eigenvalue weighted by Crippen LogP contribution is -2.21. The third kappa shape index (κ3) is 9.84. The minimum atomic E-state index is -5.84. The van der Waals surface area contributed by atoms with Crippen LogP contribution in [-0.2, 0) is 29.2 Å². The monoisotopic (exact) mass is 296 g/mol. The van der Waals surface area contributed by atoms with Crippen LogP contribution < -0.4 is 0 Å². The summed E-state index contributed by atoms with van der Waals surface area (Å²) in [5.74, 6) is -0.796. The van der Waals surface area contributed by atoms with Crippen LogP contribution >= 0.6 is 0 Å². The second-order valence-corrected chi connectivity index (χ2v) is 3.99. The number of hydrogen-bond acceptors (Lipinski definition) is 6. The molecule has 0 spiro atoms. The van der Waals surface area contributed by atoms with Crippen LogP contribution in [0, 0.1) is 0 Å². The van der Waals surface area contributed by atoms with Crippen LogP contribution in [0.15, 0.2) is 0 Å². The molecule has 0 saturated carbocycles. The first-order valence-electron chi connectivity index (χ1n) is 4.13. The number of methoxy groups -OCH3 is 2. The lowest BCUT2D eigenvalue weighted by atomic mass is 10.3. The average Bonchev–Trinajstić information content (AvgIpc) is 2.23. The second kappa shape index (κ2) is 7.87. The summed E-state index contributed by atoms with van der Waals surface area (Å²) in [7, 11) is -3.29. The van der Waals surface area contributed by atoms with Gasteiger partial charge < -0.3 is 9.47 Å². The zero-order valence-corrected chi connectivity index (χ0v) is 10.2. The lowest BCUT2D eigenvalue weighted by molar-refractivity contribution is -0.147. The van der Waals surface area contributed by atoms with Crippen LogP contribution in [0.5, 0.6) is 0 Å². The lowest BCUT2D eigenvalue weighted by Gasteiger charge is -1.97. The standard InChI is InChI=1S/C6H10O4.CHF3O3S/c1-9-5(7)3-4-6(8)10-2;2-1(3,4)8(5,6)7/h3-4H2,1-2H3;(H,5,6,7). The van der Waals surface area contributed by atoms with E-state index in [1.807, 2.05) is 0 Å². The van der Waals surface area contributed by atoms with Gasteiger partial charge in [0.2, 0.25) is 0 Å². The Bertz CT molecular complexity index is 357. The molecule has 11 heteroatoms. The summed E-state index contributed by atoms with van der Waals surface area (Å²) in [6.45, 7) is 0. The van der Waals surface area contributed by atoms with Crippen molar-refractivity contribution in [3.63, 3.8) is 0 Å². The molecule has 0 fully saturated rings. The number of halogens is 3. The summed E-state index contributed by atoms with van der Waals surface area (Å²) in [5.41, 5.74) is -5.53. The Balaban J connectivity index is 0. The fourth-order valence-corrected chi connectivity index (χ4v) is 0.408. The third-order valence-electron chi connectivity index (χ3n) is 1.28. The molecular weight excluding hydrogens is 285 g/mol. The fraction of sp³-hybridized carbons (Fsp3) is 0.714. The Hall–Kier alpha value is -1.36. The van der Waals surface area contributed by atoms with Crippen molar-refractivity contribution in [3.8, 4) is 0 Å². The first kappa shape index (κ1) is 19.0. The molecule has 0 aromatic carbocycles. The van der Waals surface area contributed by atoms with Crippen molar-refractivity contribution in [2.45, 2.75) is 18.3 Å². The quantitative estimate of drug-likeness (QED) is 0.459. The smallest absolute Gasteiger partial charge is 0.469 e. The van der Waals surface area contributed by atoms with Gasteiger partial charge in [0.25, 0.3) is 0 Å². The summed E-state index contributed by atoms with van der Waals surface area (Å²) in [6, 6.07) is 0. The molecule has 0 aliphatic rings. The van der Waals surface area contributed by atoms with Crippen LogP contribution in [0.2, 0.25) is 0 Å². The predicted molar refractivity (Wildman–Crippen MR) is 50.9 cm³/mol. The molecule has 0 aliphatic heterocycles. The van der Waals surface area contributed by atoms with Gasteiger partial charge in [-0.25, -0.2) is 0 Å². The molecule has 1 N–H and O–H groups in total. The number of hydrogen-bond donors (Lipinski definition) is 1. The number of rotatable bonds is 3. The first-order valence-corrected chi connectivity index (χ1v) is 5.57. The van der Waals surface area contributed by atoms with Gasteiger partial charge in [-0.05, 0) is 0 Å². The Morgan fingerprint density at radius 1 is 1.06 bits per heavy atom. The maximum atomic E-state index is 10.7. The van der Waals surface area contributed by atoms with Gasteiger partial charge in [0.05, 0.1) is 27.1 Å². The van der Waals surface area contributed by atoms with Crippen LogP contribution in [0.1, 0.15) is 12.8 Å². The van der Waals surface area contributed by atoms with Gasteiger partial charge in [-0.1, -0.05) is 0 Å². The number of esters is 2. The number of ether oxygens (including phenoxy) is 2. The van der Waals surface area contributed by atoms with Crippen molar-refractivity contribution in [3.05, 3.63) is 0 Å². The Morgan fingerprint density at radius 3 is 1.39 bits per heavy atom. The molecule has 7 nitrogen and oxygen atoms in total. The highest BCUT2D eigenvalue weighted by Gasteiger charge is 2.44. The largest absolute Gasteiger partial charge is 0.522 e. The van der Waals surface area contributed by atoms with E-state index >= 15 is 0 Å². The molecular formula is C7H11F3O7S. The molecule has 0 saturated heterocycles. The highest BCUT2D eigenvalue weighted by molar-refractivity contribution is 7.86. The normalized spacial score (nSPS) is 11.0. The Kier molecular flexibility index (Phi) is 8.30. The zero-order valence-electron chi connectivity index (χ0n) is 9.35. The highest BCUT2D eigenvalue weighted by atomic mass is 32.2. The Morgan fingerprint density at radius 2 is 1.28 bits per heavy atom. The molecule has 108 valence electrons. The third-order valence-corrected chi connectivity index (χ3v) is 1.87. The number of carbonyl (C=O) groups excluding carboxylic acids is 2. The molecule has 0 aromatic heterocycles. The maximum absolute atomic E-state index is 10.7. The van der Waals surface area contributed by atoms with E-state index in [0.717, 1.165) is 0 Å². The van der Waals surface area contributed by atoms with Gasteiger partial charge >= 0.3 is 27.6 Å². The molecule has 0 bridgehead atoms. The summed E-state index contributed by atoms with van der Waals surface area (Å²) in [6.07, 6.45) is 0.173. The zero-order chi connectivity index (χ0) is 15.0. The van der Waals surface area contributed by atoms with Gasteiger partial charge in [-0.15, -0.1) is 0 Å². The van der Waals surface area contributed by atoms with E-state index in [-0.39, 0.29) is 12.8 Å². The summed E-state index contributed by atoms with van der Waals surface area (Å²) >= 11 is 0. The predicted octanol–water partition coefficient (Wildman–Crippen LogP) is 0.507. The first-order chi connectivity index (χ1) is 7.95. The van der Waals surface area contributed by atoms with Crippen molar-refractivity contribution in [2.24, 2.45) is 0 Å². The molecule has 0 radical (unpaired) electrons. The van der Waals surface area contributed by atoms with Crippen molar-refractivity contribution in [1.82, 2.24) is 0 Å². The van der Waals surface area contributed by atoms with E-state index in [2.05, 4.69) is 9.47 Å². The number of alkyl halides is 3. The van der Waals surface area contributed by atoms with Crippen molar-refractivity contribution >= 4 is 22.1 Å². The second-order valence-electron chi connectivity index (χ2n) is 2.57. The van der Waals surface area contributed by atoms with Gasteiger partial charge in [-0.2, -0.15) is 21.6 Å². The van der Waals surface area contributed by atoms with Crippen LogP contribution in [0.4, 0.5) is 13.2 Å². The maximum Gasteiger partial charge on any atom is 0.522 e. The van der Waals surface area contributed by atoms with Crippen molar-refractivity contribution in [1.29, 1.82) is 0 Å². The minimum absolute atomic E-state index is 0.0865. The topological polar surface area (TPSA) is 107 Å². The molecule has 0 aliphatic carbocycles. The highest BCUT2D eigenvalue weighted by Crippen LogP contribution is 2.20. The fourth-order valence-electron chi connectivity index (χ4n) is 0.408. The number of carbonyl (C=O) groups is 2. The van der Waals surface area contributed by atoms with Gasteiger partial charge in [-0.3, -0.25) is 14.1 Å². The average molecular weight is 296 g/mol.